The lowest BCUT2D eigenvalue weighted by Crippen LogP contribution is -1.97. The molecule has 0 aromatic carbocycles. The molecule has 1 aliphatic rings. The molecule has 0 unspecified atom stereocenters. The molecule has 0 heterocycles. The molecule has 0 saturated carbocycles. The molecule has 0 spiro atoms. The van der Waals surface area contributed by atoms with Gasteiger partial charge in [0.05, 0.1) is 0 Å². The van der Waals surface area contributed by atoms with Gasteiger partial charge in [-0.05, 0) is 31.6 Å². The first-order valence-corrected chi connectivity index (χ1v) is 3.36. The molecule has 9 heavy (non-hydrogen) atoms. The van der Waals surface area contributed by atoms with Gasteiger partial charge in [0.15, 0.2) is 0 Å². The van der Waals surface area contributed by atoms with Crippen molar-refractivity contribution in [2.24, 2.45) is 0 Å². The van der Waals surface area contributed by atoms with Crippen LogP contribution in [0.5, 0.6) is 0 Å². The second-order valence-corrected chi connectivity index (χ2v) is 2.31. The summed E-state index contributed by atoms with van der Waals surface area (Å²) in [6.45, 7) is 3.70. The highest BCUT2D eigenvalue weighted by Crippen LogP contribution is 2.22. The predicted molar refractivity (Wildman–Crippen MR) is 40.7 cm³/mol. The van der Waals surface area contributed by atoms with Crippen molar-refractivity contribution in [1.82, 2.24) is 0 Å². The zero-order valence-corrected chi connectivity index (χ0v) is 5.64. The van der Waals surface area contributed by atoms with Crippen molar-refractivity contribution in [2.75, 3.05) is 0 Å². The van der Waals surface area contributed by atoms with Gasteiger partial charge in [-0.3, -0.25) is 0 Å². The number of allylic oxidation sites excluding steroid dienone is 3. The number of rotatable bonds is 2. The molecule has 0 nitrogen and oxygen atoms in total. The third-order valence-electron chi connectivity index (χ3n) is 1.52. The molecule has 2 radical (unpaired) electrons. The van der Waals surface area contributed by atoms with Crippen molar-refractivity contribution in [2.45, 2.75) is 19.3 Å². The first-order valence-electron chi connectivity index (χ1n) is 3.36. The summed E-state index contributed by atoms with van der Waals surface area (Å²) in [6, 6.07) is 0. The van der Waals surface area contributed by atoms with Crippen LogP contribution < -0.4 is 0 Å². The van der Waals surface area contributed by atoms with E-state index in [4.69, 9.17) is 0 Å². The first kappa shape index (κ1) is 6.60. The third kappa shape index (κ3) is 2.05. The molecule has 0 heteroatoms. The Morgan fingerprint density at radius 2 is 2.44 bits per heavy atom. The minimum atomic E-state index is 1.08. The summed E-state index contributed by atoms with van der Waals surface area (Å²) in [6.07, 6.45) is 11.9. The summed E-state index contributed by atoms with van der Waals surface area (Å²) >= 11 is 0. The van der Waals surface area contributed by atoms with E-state index in [-0.39, 0.29) is 0 Å². The maximum Gasteiger partial charge on any atom is -0.0160 e. The van der Waals surface area contributed by atoms with E-state index in [2.05, 4.69) is 25.2 Å². The minimum Gasteiger partial charge on any atom is -0.103 e. The summed E-state index contributed by atoms with van der Waals surface area (Å²) in [4.78, 5) is 0. The molecule has 0 bridgehead atoms. The van der Waals surface area contributed by atoms with Crippen LogP contribution in [0.1, 0.15) is 19.3 Å². The van der Waals surface area contributed by atoms with Gasteiger partial charge >= 0.3 is 0 Å². The van der Waals surface area contributed by atoms with Gasteiger partial charge in [-0.2, -0.15) is 0 Å². The number of hydrogen-bond donors (Lipinski definition) is 0. The van der Waals surface area contributed by atoms with Crippen LogP contribution in [0.3, 0.4) is 0 Å². The fourth-order valence-corrected chi connectivity index (χ4v) is 1.02. The maximum atomic E-state index is 3.70. The molecule has 0 amide bonds. The van der Waals surface area contributed by atoms with Gasteiger partial charge in [0, 0.05) is 0 Å². The van der Waals surface area contributed by atoms with Crippen molar-refractivity contribution in [3.05, 3.63) is 37.1 Å². The Balaban J connectivity index is 2.26. The molecular weight excluding hydrogens is 108 g/mol. The number of hydrogen-bond acceptors (Lipinski definition) is 0. The van der Waals surface area contributed by atoms with E-state index in [1.165, 1.54) is 0 Å². The topological polar surface area (TPSA) is 0 Å². The lowest BCUT2D eigenvalue weighted by Gasteiger charge is -2.13. The summed E-state index contributed by atoms with van der Waals surface area (Å²) in [5, 5.41) is 0. The van der Waals surface area contributed by atoms with Gasteiger partial charge in [0.25, 0.3) is 0 Å². The summed E-state index contributed by atoms with van der Waals surface area (Å²) in [5.74, 6) is 1.58. The highest BCUT2D eigenvalue weighted by atomic mass is 14.1. The summed E-state index contributed by atoms with van der Waals surface area (Å²) < 4.78 is 0. The van der Waals surface area contributed by atoms with Crippen LogP contribution in [0.4, 0.5) is 0 Å². The Labute approximate surface area is 57.3 Å². The summed E-state index contributed by atoms with van der Waals surface area (Å²) in [7, 11) is 0. The van der Waals surface area contributed by atoms with E-state index < -0.39 is 0 Å². The molecular formula is C9H12. The molecule has 0 N–H and O–H groups in total. The van der Waals surface area contributed by atoms with Crippen LogP contribution in [-0.4, -0.2) is 0 Å². The molecule has 0 aromatic rings. The zero-order valence-electron chi connectivity index (χ0n) is 5.64. The molecule has 0 fully saturated rings. The van der Waals surface area contributed by atoms with Gasteiger partial charge in [0.1, 0.15) is 0 Å². The van der Waals surface area contributed by atoms with Crippen molar-refractivity contribution >= 4 is 0 Å². The monoisotopic (exact) mass is 120 g/mol. The second kappa shape index (κ2) is 3.49. The summed E-state index contributed by atoms with van der Waals surface area (Å²) in [5.41, 5.74) is 0. The highest BCUT2D eigenvalue weighted by Gasteiger charge is 2.06. The zero-order chi connectivity index (χ0) is 6.53. The van der Waals surface area contributed by atoms with Crippen LogP contribution in [0, 0.1) is 12.3 Å². The van der Waals surface area contributed by atoms with Crippen molar-refractivity contribution in [1.29, 1.82) is 0 Å². The largest absolute Gasteiger partial charge is 0.103 e. The average Bonchev–Trinajstić information content (AvgIpc) is 1.91. The Kier molecular flexibility index (Phi) is 2.56. The van der Waals surface area contributed by atoms with E-state index in [1.807, 2.05) is 6.08 Å². The third-order valence-corrected chi connectivity index (χ3v) is 1.52. The average molecular weight is 120 g/mol. The Hall–Kier alpha value is -0.520. The predicted octanol–water partition coefficient (Wildman–Crippen LogP) is 2.69. The molecule has 1 rings (SSSR count). The molecule has 0 atom stereocenters. The molecule has 0 aliphatic heterocycles. The van der Waals surface area contributed by atoms with E-state index in [0.717, 1.165) is 19.3 Å². The van der Waals surface area contributed by atoms with Crippen LogP contribution in [0.25, 0.3) is 0 Å². The standard InChI is InChI=1S/C9H12/c1-2-6-9-7-4-3-5-8-9/h2-5H,1,6-8H2. The fraction of sp³-hybridized carbons (Fsp3) is 0.333. The van der Waals surface area contributed by atoms with E-state index >= 15 is 0 Å². The van der Waals surface area contributed by atoms with Gasteiger partial charge in [-0.1, -0.05) is 18.2 Å². The highest BCUT2D eigenvalue weighted by molar-refractivity contribution is 5.14. The second-order valence-electron chi connectivity index (χ2n) is 2.31. The van der Waals surface area contributed by atoms with E-state index in [1.54, 1.807) is 5.92 Å². The van der Waals surface area contributed by atoms with Crippen molar-refractivity contribution in [3.8, 4) is 0 Å². The molecule has 0 aromatic heterocycles. The Bertz CT molecular complexity index is 111. The minimum absolute atomic E-state index is 1.08. The van der Waals surface area contributed by atoms with Crippen LogP contribution in [-0.2, 0) is 0 Å². The quantitative estimate of drug-likeness (QED) is 0.491. The smallest absolute Gasteiger partial charge is 0.0160 e. The van der Waals surface area contributed by atoms with Gasteiger partial charge < -0.3 is 0 Å². The van der Waals surface area contributed by atoms with Crippen LogP contribution >= 0.6 is 0 Å². The molecule has 0 saturated heterocycles. The SMILES string of the molecule is C=CC[C]1C[CH]C=CC1. The normalized spacial score (nSPS) is 20.0. The van der Waals surface area contributed by atoms with Crippen LogP contribution in [0.2, 0.25) is 0 Å². The van der Waals surface area contributed by atoms with E-state index in [9.17, 15) is 0 Å². The Morgan fingerprint density at radius 1 is 1.56 bits per heavy atom. The van der Waals surface area contributed by atoms with Gasteiger partial charge in [0.2, 0.25) is 0 Å². The van der Waals surface area contributed by atoms with Gasteiger partial charge in [-0.25, -0.2) is 0 Å². The first-order chi connectivity index (χ1) is 4.43. The maximum absolute atomic E-state index is 3.70. The van der Waals surface area contributed by atoms with Gasteiger partial charge in [-0.15, -0.1) is 6.58 Å². The Morgan fingerprint density at radius 3 is 3.00 bits per heavy atom. The fourth-order valence-electron chi connectivity index (χ4n) is 1.02. The molecule has 1 aliphatic carbocycles. The van der Waals surface area contributed by atoms with Crippen molar-refractivity contribution < 1.29 is 0 Å². The lowest BCUT2D eigenvalue weighted by molar-refractivity contribution is 0.807. The lowest BCUT2D eigenvalue weighted by atomic mass is 9.92. The van der Waals surface area contributed by atoms with Crippen LogP contribution in [0.15, 0.2) is 24.8 Å². The molecule has 48 valence electrons. The van der Waals surface area contributed by atoms with E-state index in [0.29, 0.717) is 0 Å². The van der Waals surface area contributed by atoms with Crippen molar-refractivity contribution in [3.63, 3.8) is 0 Å².